The molecular weight excluding hydrogens is 340 g/mol. The maximum absolute atomic E-state index is 13.0. The van der Waals surface area contributed by atoms with E-state index in [0.29, 0.717) is 17.9 Å². The molecule has 8 heteroatoms. The van der Waals surface area contributed by atoms with Gasteiger partial charge in [-0.05, 0) is 32.0 Å². The number of sulfonamides is 1. The van der Waals surface area contributed by atoms with Crippen LogP contribution < -0.4 is 0 Å². The third kappa shape index (κ3) is 2.83. The predicted octanol–water partition coefficient (Wildman–Crippen LogP) is 0.374. The maximum Gasteiger partial charge on any atom is 0.285 e. The monoisotopic (exact) mass is 362 g/mol. The largest absolute Gasteiger partial charge is 0.343 e. The zero-order chi connectivity index (χ0) is 17.6. The van der Waals surface area contributed by atoms with Gasteiger partial charge < -0.3 is 14.7 Å². The number of rotatable bonds is 1. The Kier molecular flexibility index (Phi) is 4.04. The van der Waals surface area contributed by atoms with Crippen LogP contribution in [0.25, 0.3) is 0 Å². The van der Waals surface area contributed by atoms with Crippen molar-refractivity contribution in [3.8, 4) is 0 Å². The summed E-state index contributed by atoms with van der Waals surface area (Å²) in [4.78, 5) is 19.3. The highest BCUT2D eigenvalue weighted by Gasteiger charge is 2.40. The van der Waals surface area contributed by atoms with Gasteiger partial charge in [-0.3, -0.25) is 4.79 Å². The van der Waals surface area contributed by atoms with Crippen molar-refractivity contribution in [3.63, 3.8) is 0 Å². The molecule has 1 amide bonds. The van der Waals surface area contributed by atoms with Gasteiger partial charge in [-0.25, -0.2) is 0 Å². The van der Waals surface area contributed by atoms with E-state index in [1.54, 1.807) is 18.2 Å². The molecule has 0 bridgehead atoms. The van der Waals surface area contributed by atoms with E-state index < -0.39 is 10.0 Å². The number of likely N-dealkylation sites (N-methyl/N-ethyl adjacent to an activating group) is 1. The average molecular weight is 362 g/mol. The molecule has 3 aliphatic rings. The van der Waals surface area contributed by atoms with Gasteiger partial charge in [0.1, 0.15) is 10.9 Å². The van der Waals surface area contributed by atoms with Crippen molar-refractivity contribution < 1.29 is 13.2 Å². The van der Waals surface area contributed by atoms with Gasteiger partial charge in [0.25, 0.3) is 10.0 Å². The average Bonchev–Trinajstić information content (AvgIpc) is 3.18. The zero-order valence-electron chi connectivity index (χ0n) is 14.3. The summed E-state index contributed by atoms with van der Waals surface area (Å²) >= 11 is 0. The molecular formula is C17H22N4O3S. The van der Waals surface area contributed by atoms with Gasteiger partial charge in [0.2, 0.25) is 5.91 Å². The smallest absolute Gasteiger partial charge is 0.285 e. The summed E-state index contributed by atoms with van der Waals surface area (Å²) in [5.74, 6) is 0.524. The number of likely N-dealkylation sites (tertiary alicyclic amines) is 1. The number of hydrogen-bond acceptors (Lipinski definition) is 5. The fourth-order valence-electron chi connectivity index (χ4n) is 3.81. The molecule has 1 aromatic rings. The Bertz CT molecular complexity index is 828. The van der Waals surface area contributed by atoms with Gasteiger partial charge in [-0.1, -0.05) is 12.1 Å². The van der Waals surface area contributed by atoms with Crippen LogP contribution in [0.2, 0.25) is 0 Å². The molecule has 3 aliphatic heterocycles. The molecule has 0 N–H and O–H groups in total. The second kappa shape index (κ2) is 6.10. The van der Waals surface area contributed by atoms with E-state index in [-0.39, 0.29) is 16.8 Å². The molecule has 3 heterocycles. The van der Waals surface area contributed by atoms with Crippen LogP contribution in [-0.2, 0) is 14.8 Å². The van der Waals surface area contributed by atoms with E-state index in [1.165, 1.54) is 0 Å². The van der Waals surface area contributed by atoms with Gasteiger partial charge >= 0.3 is 0 Å². The maximum atomic E-state index is 13.0. The van der Waals surface area contributed by atoms with Crippen molar-refractivity contribution in [1.29, 1.82) is 0 Å². The highest BCUT2D eigenvalue weighted by molar-refractivity contribution is 7.90. The molecule has 1 atom stereocenters. The standard InChI is InChI=1S/C17H22N4O3S/c1-19-9-11-20(12-10-19)17(22)14-6-4-8-21(14)16-13-5-2-3-7-15(13)25(23,24)18-16/h2-3,5,7,14H,4,6,8-12H2,1H3/t14-/m0/s1. The summed E-state index contributed by atoms with van der Waals surface area (Å²) in [6.07, 6.45) is 1.61. The molecule has 25 heavy (non-hydrogen) atoms. The molecule has 1 aromatic carbocycles. The molecule has 0 spiro atoms. The minimum atomic E-state index is -3.66. The fraction of sp³-hybridized carbons (Fsp3) is 0.529. The van der Waals surface area contributed by atoms with Crippen molar-refractivity contribution in [2.45, 2.75) is 23.8 Å². The van der Waals surface area contributed by atoms with Crippen molar-refractivity contribution in [2.75, 3.05) is 39.8 Å². The third-order valence-electron chi connectivity index (χ3n) is 5.24. The second-order valence-electron chi connectivity index (χ2n) is 6.87. The summed E-state index contributed by atoms with van der Waals surface area (Å²) in [7, 11) is -1.60. The van der Waals surface area contributed by atoms with Crippen LogP contribution in [0.15, 0.2) is 33.6 Å². The zero-order valence-corrected chi connectivity index (χ0v) is 15.1. The number of amidine groups is 1. The predicted molar refractivity (Wildman–Crippen MR) is 94.0 cm³/mol. The first-order chi connectivity index (χ1) is 12.0. The van der Waals surface area contributed by atoms with Crippen LogP contribution in [0.4, 0.5) is 0 Å². The number of benzene rings is 1. The van der Waals surface area contributed by atoms with Crippen LogP contribution in [0, 0.1) is 0 Å². The number of amides is 1. The SMILES string of the molecule is CN1CCN(C(=O)[C@@H]2CCCN2C2=NS(=O)(=O)c3ccccc32)CC1. The molecule has 2 fully saturated rings. The highest BCUT2D eigenvalue weighted by Crippen LogP contribution is 2.31. The van der Waals surface area contributed by atoms with Gasteiger partial charge in [0.15, 0.2) is 5.84 Å². The Hall–Kier alpha value is -1.93. The molecule has 0 unspecified atom stereocenters. The molecule has 0 saturated carbocycles. The Labute approximate surface area is 148 Å². The van der Waals surface area contributed by atoms with Crippen molar-refractivity contribution in [1.82, 2.24) is 14.7 Å². The minimum Gasteiger partial charge on any atom is -0.343 e. The quantitative estimate of drug-likeness (QED) is 0.722. The van der Waals surface area contributed by atoms with Gasteiger partial charge in [-0.2, -0.15) is 8.42 Å². The van der Waals surface area contributed by atoms with E-state index in [4.69, 9.17) is 0 Å². The first kappa shape index (κ1) is 16.5. The Morgan fingerprint density at radius 2 is 1.84 bits per heavy atom. The van der Waals surface area contributed by atoms with E-state index in [0.717, 1.165) is 39.0 Å². The van der Waals surface area contributed by atoms with Crippen molar-refractivity contribution >= 4 is 21.8 Å². The van der Waals surface area contributed by atoms with Crippen LogP contribution >= 0.6 is 0 Å². The third-order valence-corrected chi connectivity index (χ3v) is 6.56. The van der Waals surface area contributed by atoms with Gasteiger partial charge in [0.05, 0.1) is 0 Å². The molecule has 2 saturated heterocycles. The summed E-state index contributed by atoms with van der Waals surface area (Å²) in [5.41, 5.74) is 0.612. The van der Waals surface area contributed by atoms with Gasteiger partial charge in [-0.15, -0.1) is 4.40 Å². The lowest BCUT2D eigenvalue weighted by Crippen LogP contribution is -2.53. The topological polar surface area (TPSA) is 73.3 Å². The minimum absolute atomic E-state index is 0.0927. The summed E-state index contributed by atoms with van der Waals surface area (Å²) in [6.45, 7) is 3.85. The highest BCUT2D eigenvalue weighted by atomic mass is 32.2. The molecule has 7 nitrogen and oxygen atoms in total. The summed E-state index contributed by atoms with van der Waals surface area (Å²) in [5, 5.41) is 0. The summed E-state index contributed by atoms with van der Waals surface area (Å²) in [6, 6.07) is 6.54. The van der Waals surface area contributed by atoms with Crippen LogP contribution in [-0.4, -0.2) is 80.7 Å². The lowest BCUT2D eigenvalue weighted by atomic mass is 10.1. The van der Waals surface area contributed by atoms with Crippen molar-refractivity contribution in [3.05, 3.63) is 29.8 Å². The van der Waals surface area contributed by atoms with Crippen molar-refractivity contribution in [2.24, 2.45) is 4.40 Å². The summed E-state index contributed by atoms with van der Waals surface area (Å²) < 4.78 is 28.6. The first-order valence-corrected chi connectivity index (χ1v) is 10.1. The second-order valence-corrected chi connectivity index (χ2v) is 8.44. The van der Waals surface area contributed by atoms with Crippen LogP contribution in [0.5, 0.6) is 0 Å². The van der Waals surface area contributed by atoms with E-state index in [2.05, 4.69) is 16.3 Å². The fourth-order valence-corrected chi connectivity index (χ4v) is 5.03. The van der Waals surface area contributed by atoms with E-state index >= 15 is 0 Å². The molecule has 0 aliphatic carbocycles. The lowest BCUT2D eigenvalue weighted by Gasteiger charge is -2.36. The van der Waals surface area contributed by atoms with Crippen LogP contribution in [0.1, 0.15) is 18.4 Å². The molecule has 4 rings (SSSR count). The number of fused-ring (bicyclic) bond motifs is 1. The van der Waals surface area contributed by atoms with Crippen LogP contribution in [0.3, 0.4) is 0 Å². The lowest BCUT2D eigenvalue weighted by molar-refractivity contribution is -0.136. The number of hydrogen-bond donors (Lipinski definition) is 0. The number of nitrogens with zero attached hydrogens (tertiary/aromatic N) is 4. The Morgan fingerprint density at radius 1 is 1.12 bits per heavy atom. The normalized spacial score (nSPS) is 25.8. The molecule has 0 radical (unpaired) electrons. The van der Waals surface area contributed by atoms with E-state index in [9.17, 15) is 13.2 Å². The number of carbonyl (C=O) groups is 1. The Morgan fingerprint density at radius 3 is 2.60 bits per heavy atom. The Balaban J connectivity index is 1.62. The number of carbonyl (C=O) groups excluding carboxylic acids is 1. The number of piperazine rings is 1. The molecule has 134 valence electrons. The molecule has 0 aromatic heterocycles. The van der Waals surface area contributed by atoms with Gasteiger partial charge in [0, 0.05) is 38.3 Å². The van der Waals surface area contributed by atoms with E-state index in [1.807, 2.05) is 15.9 Å². The first-order valence-electron chi connectivity index (χ1n) is 8.66.